The highest BCUT2D eigenvalue weighted by molar-refractivity contribution is 6.32. The molecule has 1 aromatic heterocycles. The van der Waals surface area contributed by atoms with Crippen molar-refractivity contribution >= 4 is 17.3 Å². The SMILES string of the molecule is CC(C)n1ncc(NC(C)(C)C(C)(C)O)c(Cl)c1=O. The number of aliphatic hydroxyl groups is 1. The fourth-order valence-electron chi connectivity index (χ4n) is 1.39. The monoisotopic (exact) mass is 287 g/mol. The fraction of sp³-hybridized carbons (Fsp3) is 0.692. The van der Waals surface area contributed by atoms with Crippen molar-refractivity contribution in [3.05, 3.63) is 21.6 Å². The predicted molar refractivity (Wildman–Crippen MR) is 77.9 cm³/mol. The van der Waals surface area contributed by atoms with Gasteiger partial charge in [-0.05, 0) is 41.5 Å². The third kappa shape index (κ3) is 3.28. The van der Waals surface area contributed by atoms with E-state index in [0.717, 1.165) is 0 Å². The molecule has 2 N–H and O–H groups in total. The number of halogens is 1. The van der Waals surface area contributed by atoms with E-state index in [0.29, 0.717) is 5.69 Å². The van der Waals surface area contributed by atoms with E-state index in [1.54, 1.807) is 13.8 Å². The van der Waals surface area contributed by atoms with Crippen LogP contribution in [-0.2, 0) is 0 Å². The molecule has 0 amide bonds. The molecule has 19 heavy (non-hydrogen) atoms. The zero-order valence-electron chi connectivity index (χ0n) is 12.3. The summed E-state index contributed by atoms with van der Waals surface area (Å²) in [5.41, 5.74) is -1.55. The Hall–Kier alpha value is -1.07. The first kappa shape index (κ1) is 16.0. The zero-order valence-corrected chi connectivity index (χ0v) is 13.0. The predicted octanol–water partition coefficient (Wildman–Crippen LogP) is 2.44. The molecule has 5 nitrogen and oxygen atoms in total. The Morgan fingerprint density at radius 3 is 2.32 bits per heavy atom. The van der Waals surface area contributed by atoms with Gasteiger partial charge in [-0.25, -0.2) is 4.68 Å². The Bertz CT molecular complexity index is 516. The second kappa shape index (κ2) is 5.13. The summed E-state index contributed by atoms with van der Waals surface area (Å²) >= 11 is 6.08. The van der Waals surface area contributed by atoms with Crippen LogP contribution in [0.1, 0.15) is 47.6 Å². The first-order chi connectivity index (χ1) is 8.47. The molecule has 0 saturated heterocycles. The molecule has 0 atom stereocenters. The molecular formula is C13H22ClN3O2. The van der Waals surface area contributed by atoms with Gasteiger partial charge in [0.15, 0.2) is 0 Å². The lowest BCUT2D eigenvalue weighted by Crippen LogP contribution is -2.51. The molecule has 0 radical (unpaired) electrons. The van der Waals surface area contributed by atoms with Crippen LogP contribution < -0.4 is 10.9 Å². The fourth-order valence-corrected chi connectivity index (χ4v) is 1.57. The Balaban J connectivity index is 3.19. The lowest BCUT2D eigenvalue weighted by Gasteiger charge is -2.38. The molecule has 1 rings (SSSR count). The Morgan fingerprint density at radius 2 is 1.89 bits per heavy atom. The van der Waals surface area contributed by atoms with Gasteiger partial charge in [-0.3, -0.25) is 4.79 Å². The Labute approximate surface area is 118 Å². The van der Waals surface area contributed by atoms with E-state index >= 15 is 0 Å². The topological polar surface area (TPSA) is 67.2 Å². The summed E-state index contributed by atoms with van der Waals surface area (Å²) in [5, 5.41) is 17.3. The zero-order chi connectivity index (χ0) is 15.0. The van der Waals surface area contributed by atoms with Gasteiger partial charge in [0.1, 0.15) is 5.02 Å². The molecule has 0 fully saturated rings. The van der Waals surface area contributed by atoms with E-state index in [4.69, 9.17) is 11.6 Å². The number of hydrogen-bond donors (Lipinski definition) is 2. The first-order valence-corrected chi connectivity index (χ1v) is 6.63. The van der Waals surface area contributed by atoms with Crippen molar-refractivity contribution in [3.63, 3.8) is 0 Å². The second-order valence-corrected chi connectivity index (χ2v) is 6.40. The first-order valence-electron chi connectivity index (χ1n) is 6.25. The maximum Gasteiger partial charge on any atom is 0.287 e. The quantitative estimate of drug-likeness (QED) is 0.892. The van der Waals surface area contributed by atoms with Gasteiger partial charge in [0.05, 0.1) is 29.1 Å². The third-order valence-corrected chi connectivity index (χ3v) is 3.77. The molecule has 0 aromatic carbocycles. The normalized spacial score (nSPS) is 12.9. The average Bonchev–Trinajstić information content (AvgIpc) is 2.22. The van der Waals surface area contributed by atoms with E-state index in [1.807, 2.05) is 27.7 Å². The highest BCUT2D eigenvalue weighted by Crippen LogP contribution is 2.28. The van der Waals surface area contributed by atoms with Crippen LogP contribution in [0.4, 0.5) is 5.69 Å². The molecule has 108 valence electrons. The second-order valence-electron chi connectivity index (χ2n) is 6.02. The third-order valence-electron chi connectivity index (χ3n) is 3.41. The molecule has 0 spiro atoms. The van der Waals surface area contributed by atoms with E-state index in [-0.39, 0.29) is 16.6 Å². The number of anilines is 1. The molecule has 0 aliphatic carbocycles. The van der Waals surface area contributed by atoms with Gasteiger partial charge in [-0.2, -0.15) is 5.10 Å². The van der Waals surface area contributed by atoms with Crippen LogP contribution in [0.3, 0.4) is 0 Å². The van der Waals surface area contributed by atoms with Crippen molar-refractivity contribution in [3.8, 4) is 0 Å². The molecule has 0 unspecified atom stereocenters. The van der Waals surface area contributed by atoms with Crippen LogP contribution in [0.2, 0.25) is 5.02 Å². The van der Waals surface area contributed by atoms with E-state index < -0.39 is 11.1 Å². The van der Waals surface area contributed by atoms with Gasteiger partial charge in [0, 0.05) is 0 Å². The molecule has 1 aromatic rings. The van der Waals surface area contributed by atoms with Crippen molar-refractivity contribution in [2.24, 2.45) is 0 Å². The molecule has 0 saturated carbocycles. The van der Waals surface area contributed by atoms with Gasteiger partial charge < -0.3 is 10.4 Å². The highest BCUT2D eigenvalue weighted by Gasteiger charge is 2.35. The molecule has 1 heterocycles. The standard InChI is InChI=1S/C13H22ClN3O2/c1-8(2)17-11(18)10(14)9(7-15-17)16-12(3,4)13(5,6)19/h7-8,16,19H,1-6H3. The average molecular weight is 288 g/mol. The van der Waals surface area contributed by atoms with E-state index in [9.17, 15) is 9.90 Å². The Kier molecular flexibility index (Phi) is 4.32. The summed E-state index contributed by atoms with van der Waals surface area (Å²) in [4.78, 5) is 12.0. The summed E-state index contributed by atoms with van der Waals surface area (Å²) in [6.07, 6.45) is 1.51. The minimum absolute atomic E-state index is 0.0543. The maximum absolute atomic E-state index is 12.0. The van der Waals surface area contributed by atoms with Crippen LogP contribution in [0.15, 0.2) is 11.0 Å². The maximum atomic E-state index is 12.0. The van der Waals surface area contributed by atoms with E-state index in [2.05, 4.69) is 10.4 Å². The lowest BCUT2D eigenvalue weighted by atomic mass is 9.86. The smallest absolute Gasteiger partial charge is 0.287 e. The van der Waals surface area contributed by atoms with Crippen molar-refractivity contribution in [1.82, 2.24) is 9.78 Å². The summed E-state index contributed by atoms with van der Waals surface area (Å²) in [6, 6.07) is -0.0543. The number of rotatable bonds is 4. The minimum atomic E-state index is -0.983. The number of hydrogen-bond acceptors (Lipinski definition) is 4. The molecule has 0 aliphatic rings. The number of nitrogens with one attached hydrogen (secondary N) is 1. The number of nitrogens with zero attached hydrogens (tertiary/aromatic N) is 2. The number of aromatic nitrogens is 2. The van der Waals surface area contributed by atoms with Gasteiger partial charge in [0.25, 0.3) is 5.56 Å². The minimum Gasteiger partial charge on any atom is -0.388 e. The van der Waals surface area contributed by atoms with Crippen molar-refractivity contribution in [2.75, 3.05) is 5.32 Å². The summed E-state index contributed by atoms with van der Waals surface area (Å²) in [5.74, 6) is 0. The molecule has 6 heteroatoms. The van der Waals surface area contributed by atoms with Crippen LogP contribution >= 0.6 is 11.6 Å². The van der Waals surface area contributed by atoms with E-state index in [1.165, 1.54) is 10.9 Å². The molecule has 0 bridgehead atoms. The van der Waals surface area contributed by atoms with Crippen molar-refractivity contribution in [2.45, 2.75) is 58.7 Å². The summed E-state index contributed by atoms with van der Waals surface area (Å²) < 4.78 is 1.32. The lowest BCUT2D eigenvalue weighted by molar-refractivity contribution is 0.0240. The highest BCUT2D eigenvalue weighted by atomic mass is 35.5. The molecular weight excluding hydrogens is 266 g/mol. The largest absolute Gasteiger partial charge is 0.388 e. The van der Waals surface area contributed by atoms with Gasteiger partial charge in [0.2, 0.25) is 0 Å². The summed E-state index contributed by atoms with van der Waals surface area (Å²) in [7, 11) is 0. The van der Waals surface area contributed by atoms with Gasteiger partial charge >= 0.3 is 0 Å². The van der Waals surface area contributed by atoms with Crippen LogP contribution in [-0.4, -0.2) is 26.0 Å². The van der Waals surface area contributed by atoms with Crippen LogP contribution in [0, 0.1) is 0 Å². The van der Waals surface area contributed by atoms with Gasteiger partial charge in [-0.15, -0.1) is 0 Å². The van der Waals surface area contributed by atoms with Crippen LogP contribution in [0.5, 0.6) is 0 Å². The van der Waals surface area contributed by atoms with Crippen molar-refractivity contribution < 1.29 is 5.11 Å². The molecule has 0 aliphatic heterocycles. The van der Waals surface area contributed by atoms with Gasteiger partial charge in [-0.1, -0.05) is 11.6 Å². The summed E-state index contributed by atoms with van der Waals surface area (Å²) in [6.45, 7) is 10.8. The van der Waals surface area contributed by atoms with Crippen molar-refractivity contribution in [1.29, 1.82) is 0 Å². The Morgan fingerprint density at radius 1 is 1.37 bits per heavy atom. The van der Waals surface area contributed by atoms with Crippen LogP contribution in [0.25, 0.3) is 0 Å².